The molecule has 0 saturated carbocycles. The molecule has 0 spiro atoms. The summed E-state index contributed by atoms with van der Waals surface area (Å²) in [7, 11) is 0. The van der Waals surface area contributed by atoms with E-state index >= 15 is 0 Å². The molecule has 15 heavy (non-hydrogen) atoms. The van der Waals surface area contributed by atoms with Gasteiger partial charge in [0.25, 0.3) is 5.91 Å². The molecule has 0 bridgehead atoms. The molecular weight excluding hydrogens is 232 g/mol. The zero-order chi connectivity index (χ0) is 11.4. The van der Waals surface area contributed by atoms with Gasteiger partial charge in [-0.1, -0.05) is 6.92 Å². The van der Waals surface area contributed by atoms with E-state index in [0.717, 1.165) is 5.69 Å². The highest BCUT2D eigenvalue weighted by Gasteiger charge is 2.17. The normalized spacial score (nSPS) is 14.7. The molecule has 2 unspecified atom stereocenters. The number of carbonyl (C=O) groups is 1. The van der Waals surface area contributed by atoms with Crippen molar-refractivity contribution >= 4 is 28.8 Å². The number of alkyl halides is 1. The molecule has 3 nitrogen and oxygen atoms in total. The Morgan fingerprint density at radius 3 is 2.80 bits per heavy atom. The molecule has 5 heteroatoms. The minimum atomic E-state index is -0.0560. The third-order valence-electron chi connectivity index (χ3n) is 2.41. The van der Waals surface area contributed by atoms with Gasteiger partial charge in [-0.25, -0.2) is 4.98 Å². The van der Waals surface area contributed by atoms with Gasteiger partial charge in [0, 0.05) is 11.9 Å². The van der Waals surface area contributed by atoms with E-state index in [0.29, 0.717) is 10.8 Å². The monoisotopic (exact) mass is 246 g/mol. The first-order valence-corrected chi connectivity index (χ1v) is 6.24. The minimum absolute atomic E-state index is 0.0560. The fraction of sp³-hybridized carbons (Fsp3) is 0.600. The summed E-state index contributed by atoms with van der Waals surface area (Å²) in [6, 6.07) is 0.0801. The lowest BCUT2D eigenvalue weighted by molar-refractivity contribution is 0.0934. The first-order valence-electron chi connectivity index (χ1n) is 4.83. The number of rotatable bonds is 4. The lowest BCUT2D eigenvalue weighted by atomic mass is 10.1. The quantitative estimate of drug-likeness (QED) is 0.830. The number of nitrogens with one attached hydrogen (secondary N) is 1. The maximum Gasteiger partial charge on any atom is 0.263 e. The summed E-state index contributed by atoms with van der Waals surface area (Å²) >= 11 is 7.09. The van der Waals surface area contributed by atoms with Gasteiger partial charge in [0.05, 0.1) is 11.2 Å². The maximum absolute atomic E-state index is 11.8. The van der Waals surface area contributed by atoms with E-state index in [-0.39, 0.29) is 17.9 Å². The Balaban J connectivity index is 2.60. The van der Waals surface area contributed by atoms with Gasteiger partial charge in [-0.05, 0) is 19.8 Å². The van der Waals surface area contributed by atoms with Crippen LogP contribution >= 0.6 is 22.9 Å². The molecule has 2 atom stereocenters. The Bertz CT molecular complexity index is 340. The zero-order valence-electron chi connectivity index (χ0n) is 9.08. The van der Waals surface area contributed by atoms with Crippen molar-refractivity contribution in [2.75, 3.05) is 5.88 Å². The number of hydrogen-bond donors (Lipinski definition) is 1. The van der Waals surface area contributed by atoms with Gasteiger partial charge >= 0.3 is 0 Å². The molecule has 0 aliphatic rings. The smallest absolute Gasteiger partial charge is 0.263 e. The number of halogens is 1. The van der Waals surface area contributed by atoms with Crippen LogP contribution < -0.4 is 5.32 Å². The first-order chi connectivity index (χ1) is 7.06. The van der Waals surface area contributed by atoms with Crippen molar-refractivity contribution in [1.29, 1.82) is 0 Å². The van der Waals surface area contributed by atoms with E-state index in [2.05, 4.69) is 10.3 Å². The Morgan fingerprint density at radius 1 is 1.67 bits per heavy atom. The molecule has 84 valence electrons. The highest BCUT2D eigenvalue weighted by Crippen LogP contribution is 2.13. The van der Waals surface area contributed by atoms with Gasteiger partial charge in [-0.2, -0.15) is 0 Å². The molecule has 0 radical (unpaired) electrons. The topological polar surface area (TPSA) is 42.0 Å². The van der Waals surface area contributed by atoms with Crippen LogP contribution in [0.2, 0.25) is 0 Å². The standard InChI is InChI=1S/C10H15ClN2OS/c1-6(4-11)7(2)13-10(14)9-8(3)12-5-15-9/h5-7H,4H2,1-3H3,(H,13,14). The van der Waals surface area contributed by atoms with Crippen LogP contribution in [0.3, 0.4) is 0 Å². The van der Waals surface area contributed by atoms with Gasteiger partial charge in [-0.15, -0.1) is 22.9 Å². The maximum atomic E-state index is 11.8. The molecule has 0 saturated heterocycles. The van der Waals surface area contributed by atoms with Gasteiger partial charge in [0.15, 0.2) is 0 Å². The molecule has 0 fully saturated rings. The van der Waals surface area contributed by atoms with Crippen LogP contribution in [0.1, 0.15) is 29.2 Å². The van der Waals surface area contributed by atoms with Gasteiger partial charge in [0.1, 0.15) is 4.88 Å². The molecule has 0 aliphatic heterocycles. The second kappa shape index (κ2) is 5.47. The fourth-order valence-corrected chi connectivity index (χ4v) is 2.04. The summed E-state index contributed by atoms with van der Waals surface area (Å²) in [4.78, 5) is 16.5. The lowest BCUT2D eigenvalue weighted by Gasteiger charge is -2.18. The van der Waals surface area contributed by atoms with Crippen molar-refractivity contribution in [3.8, 4) is 0 Å². The van der Waals surface area contributed by atoms with Crippen LogP contribution in [-0.4, -0.2) is 22.8 Å². The average molecular weight is 247 g/mol. The van der Waals surface area contributed by atoms with Crippen molar-refractivity contribution < 1.29 is 4.79 Å². The molecule has 1 aromatic heterocycles. The number of thiazole rings is 1. The summed E-state index contributed by atoms with van der Waals surface area (Å²) < 4.78 is 0. The van der Waals surface area contributed by atoms with E-state index in [1.807, 2.05) is 20.8 Å². The van der Waals surface area contributed by atoms with E-state index in [4.69, 9.17) is 11.6 Å². The van der Waals surface area contributed by atoms with Crippen molar-refractivity contribution in [2.45, 2.75) is 26.8 Å². The fourth-order valence-electron chi connectivity index (χ4n) is 1.07. The number of hydrogen-bond acceptors (Lipinski definition) is 3. The number of aryl methyl sites for hydroxylation is 1. The molecule has 1 rings (SSSR count). The van der Waals surface area contributed by atoms with Crippen molar-refractivity contribution in [1.82, 2.24) is 10.3 Å². The van der Waals surface area contributed by atoms with Crippen molar-refractivity contribution in [2.24, 2.45) is 5.92 Å². The van der Waals surface area contributed by atoms with Crippen LogP contribution in [0, 0.1) is 12.8 Å². The molecule has 0 aromatic carbocycles. The van der Waals surface area contributed by atoms with Gasteiger partial charge in [-0.3, -0.25) is 4.79 Å². The SMILES string of the molecule is Cc1ncsc1C(=O)NC(C)C(C)CCl. The number of nitrogens with zero attached hydrogens (tertiary/aromatic N) is 1. The van der Waals surface area contributed by atoms with E-state index < -0.39 is 0 Å². The first kappa shape index (κ1) is 12.5. The summed E-state index contributed by atoms with van der Waals surface area (Å²) in [5.41, 5.74) is 2.46. The van der Waals surface area contributed by atoms with Crippen LogP contribution in [0.4, 0.5) is 0 Å². The molecule has 1 heterocycles. The van der Waals surface area contributed by atoms with E-state index in [1.54, 1.807) is 5.51 Å². The lowest BCUT2D eigenvalue weighted by Crippen LogP contribution is -2.37. The van der Waals surface area contributed by atoms with Crippen molar-refractivity contribution in [3.05, 3.63) is 16.1 Å². The largest absolute Gasteiger partial charge is 0.349 e. The van der Waals surface area contributed by atoms with Crippen LogP contribution in [-0.2, 0) is 0 Å². The Labute approximate surface area is 98.9 Å². The summed E-state index contributed by atoms with van der Waals surface area (Å²) in [6.07, 6.45) is 0. The second-order valence-electron chi connectivity index (χ2n) is 3.66. The third-order valence-corrected chi connectivity index (χ3v) is 3.82. The van der Waals surface area contributed by atoms with Gasteiger partial charge in [0.2, 0.25) is 0 Å². The summed E-state index contributed by atoms with van der Waals surface area (Å²) in [5.74, 6) is 0.756. The second-order valence-corrected chi connectivity index (χ2v) is 4.82. The van der Waals surface area contributed by atoms with Crippen LogP contribution in [0.5, 0.6) is 0 Å². The summed E-state index contributed by atoms with van der Waals surface area (Å²) in [5, 5.41) is 2.92. The Morgan fingerprint density at radius 2 is 2.33 bits per heavy atom. The predicted octanol–water partition coefficient (Wildman–Crippen LogP) is 2.44. The van der Waals surface area contributed by atoms with E-state index in [9.17, 15) is 4.79 Å². The molecule has 1 N–H and O–H groups in total. The predicted molar refractivity (Wildman–Crippen MR) is 63.7 cm³/mol. The Kier molecular flexibility index (Phi) is 4.54. The average Bonchev–Trinajstić information content (AvgIpc) is 2.63. The van der Waals surface area contributed by atoms with Gasteiger partial charge < -0.3 is 5.32 Å². The molecule has 1 aromatic rings. The highest BCUT2D eigenvalue weighted by atomic mass is 35.5. The molecule has 0 aliphatic carbocycles. The molecular formula is C10H15ClN2OS. The summed E-state index contributed by atoms with van der Waals surface area (Å²) in [6.45, 7) is 5.81. The third kappa shape index (κ3) is 3.18. The number of amides is 1. The minimum Gasteiger partial charge on any atom is -0.349 e. The van der Waals surface area contributed by atoms with E-state index in [1.165, 1.54) is 11.3 Å². The van der Waals surface area contributed by atoms with Crippen LogP contribution in [0.25, 0.3) is 0 Å². The molecule has 1 amide bonds. The highest BCUT2D eigenvalue weighted by molar-refractivity contribution is 7.11. The number of carbonyl (C=O) groups excluding carboxylic acids is 1. The zero-order valence-corrected chi connectivity index (χ0v) is 10.7. The number of aromatic nitrogens is 1. The van der Waals surface area contributed by atoms with Crippen molar-refractivity contribution in [3.63, 3.8) is 0 Å². The Hall–Kier alpha value is -0.610. The van der Waals surface area contributed by atoms with Crippen LogP contribution in [0.15, 0.2) is 5.51 Å².